The predicted octanol–water partition coefficient (Wildman–Crippen LogP) is 6.15. The fourth-order valence-corrected chi connectivity index (χ4v) is 4.39. The van der Waals surface area contributed by atoms with Gasteiger partial charge >= 0.3 is 6.03 Å². The summed E-state index contributed by atoms with van der Waals surface area (Å²) in [5.41, 5.74) is 4.97. The number of urea groups is 1. The highest BCUT2D eigenvalue weighted by atomic mass is 16.5. The van der Waals surface area contributed by atoms with Gasteiger partial charge in [0.1, 0.15) is 11.5 Å². The van der Waals surface area contributed by atoms with E-state index in [1.807, 2.05) is 93.6 Å². The van der Waals surface area contributed by atoms with Gasteiger partial charge in [0.2, 0.25) is 5.82 Å². The van der Waals surface area contributed by atoms with Gasteiger partial charge < -0.3 is 19.3 Å². The minimum Gasteiger partial charge on any atom is -0.497 e. The van der Waals surface area contributed by atoms with Crippen molar-refractivity contribution in [3.8, 4) is 22.9 Å². The first-order chi connectivity index (χ1) is 18.0. The lowest BCUT2D eigenvalue weighted by molar-refractivity contribution is 0.244. The van der Waals surface area contributed by atoms with Crippen LogP contribution in [0.5, 0.6) is 11.5 Å². The molecule has 1 aromatic heterocycles. The van der Waals surface area contributed by atoms with E-state index in [1.165, 1.54) is 0 Å². The molecule has 1 N–H and O–H groups in total. The quantitative estimate of drug-likeness (QED) is 0.330. The molecule has 1 aliphatic rings. The second-order valence-electron chi connectivity index (χ2n) is 8.71. The van der Waals surface area contributed by atoms with Gasteiger partial charge in [0.15, 0.2) is 0 Å². The lowest BCUT2D eigenvalue weighted by atomic mass is 9.94. The van der Waals surface area contributed by atoms with Crippen molar-refractivity contribution in [1.29, 1.82) is 0 Å². The maximum atomic E-state index is 13.4. The number of anilines is 1. The molecule has 1 aliphatic heterocycles. The fourth-order valence-electron chi connectivity index (χ4n) is 4.39. The number of ether oxygens (including phenoxy) is 2. The van der Waals surface area contributed by atoms with Crippen molar-refractivity contribution >= 4 is 17.3 Å². The molecule has 2 amide bonds. The highest BCUT2D eigenvalue weighted by Gasteiger charge is 2.36. The Balaban J connectivity index is 1.60. The number of carbonyl (C=O) groups is 1. The molecule has 0 saturated heterocycles. The van der Waals surface area contributed by atoms with Gasteiger partial charge in [-0.2, -0.15) is 4.98 Å². The molecule has 5 rings (SSSR count). The van der Waals surface area contributed by atoms with Gasteiger partial charge in [-0.3, -0.25) is 4.90 Å². The van der Waals surface area contributed by atoms with Gasteiger partial charge in [-0.1, -0.05) is 35.0 Å². The van der Waals surface area contributed by atoms with Crippen LogP contribution in [0, 0.1) is 6.92 Å². The third kappa shape index (κ3) is 4.78. The van der Waals surface area contributed by atoms with Crippen molar-refractivity contribution in [2.75, 3.05) is 18.6 Å². The monoisotopic (exact) mass is 496 g/mol. The van der Waals surface area contributed by atoms with Gasteiger partial charge in [-0.15, -0.1) is 0 Å². The molecular formula is C29H28N4O4. The maximum absolute atomic E-state index is 13.4. The molecule has 0 fully saturated rings. The topological polar surface area (TPSA) is 89.7 Å². The molecule has 1 atom stereocenters. The zero-order valence-electron chi connectivity index (χ0n) is 21.2. The lowest BCUT2D eigenvalue weighted by Crippen LogP contribution is -2.46. The van der Waals surface area contributed by atoms with E-state index in [4.69, 9.17) is 19.0 Å². The molecule has 0 spiro atoms. The third-order valence-electron chi connectivity index (χ3n) is 6.31. The molecule has 188 valence electrons. The molecule has 37 heavy (non-hydrogen) atoms. The molecule has 8 heteroatoms. The molecule has 2 heterocycles. The highest BCUT2D eigenvalue weighted by molar-refractivity contribution is 6.01. The van der Waals surface area contributed by atoms with Crippen LogP contribution in [0.4, 0.5) is 10.5 Å². The minimum absolute atomic E-state index is 0.245. The van der Waals surface area contributed by atoms with Gasteiger partial charge in [-0.25, -0.2) is 4.79 Å². The fraction of sp³-hybridized carbons (Fsp3) is 0.207. The Labute approximate surface area is 215 Å². The van der Waals surface area contributed by atoms with Crippen LogP contribution in [0.25, 0.3) is 17.0 Å². The number of aryl methyl sites for hydroxylation is 1. The number of benzene rings is 3. The largest absolute Gasteiger partial charge is 0.497 e. The van der Waals surface area contributed by atoms with Crippen LogP contribution >= 0.6 is 0 Å². The molecule has 0 aliphatic carbocycles. The second kappa shape index (κ2) is 10.2. The smallest absolute Gasteiger partial charge is 0.326 e. The first-order valence-electron chi connectivity index (χ1n) is 12.1. The second-order valence-corrected chi connectivity index (χ2v) is 8.71. The average molecular weight is 497 g/mol. The zero-order valence-corrected chi connectivity index (χ0v) is 21.2. The van der Waals surface area contributed by atoms with Crippen LogP contribution in [0.2, 0.25) is 0 Å². The van der Waals surface area contributed by atoms with E-state index < -0.39 is 6.04 Å². The first-order valence-corrected chi connectivity index (χ1v) is 12.1. The predicted molar refractivity (Wildman–Crippen MR) is 141 cm³/mol. The van der Waals surface area contributed by atoms with Gasteiger partial charge in [0.25, 0.3) is 5.89 Å². The van der Waals surface area contributed by atoms with Crippen LogP contribution in [-0.4, -0.2) is 29.9 Å². The first kappa shape index (κ1) is 24.1. The Morgan fingerprint density at radius 3 is 2.27 bits per heavy atom. The molecular weight excluding hydrogens is 468 g/mol. The molecule has 4 aromatic rings. The summed E-state index contributed by atoms with van der Waals surface area (Å²) in [6, 6.07) is 22.2. The van der Waals surface area contributed by atoms with E-state index in [1.54, 1.807) is 12.0 Å². The Hall–Kier alpha value is -4.59. The Bertz CT molecular complexity index is 1420. The summed E-state index contributed by atoms with van der Waals surface area (Å²) in [5.74, 6) is 2.27. The van der Waals surface area contributed by atoms with Crippen molar-refractivity contribution < 1.29 is 18.8 Å². The number of allylic oxidation sites excluding steroid dienone is 1. The number of carbonyl (C=O) groups excluding carboxylic acids is 1. The van der Waals surface area contributed by atoms with Crippen LogP contribution in [0.3, 0.4) is 0 Å². The number of nitrogens with zero attached hydrogens (tertiary/aromatic N) is 3. The van der Waals surface area contributed by atoms with Gasteiger partial charge in [0, 0.05) is 11.3 Å². The number of nitrogens with one attached hydrogen (secondary N) is 1. The Morgan fingerprint density at radius 1 is 0.946 bits per heavy atom. The number of rotatable bonds is 7. The zero-order chi connectivity index (χ0) is 25.9. The highest BCUT2D eigenvalue weighted by Crippen LogP contribution is 2.39. The molecule has 8 nitrogen and oxygen atoms in total. The summed E-state index contributed by atoms with van der Waals surface area (Å²) in [7, 11) is 1.62. The van der Waals surface area contributed by atoms with E-state index in [2.05, 4.69) is 10.5 Å². The van der Waals surface area contributed by atoms with E-state index in [9.17, 15) is 4.79 Å². The summed E-state index contributed by atoms with van der Waals surface area (Å²) >= 11 is 0. The Morgan fingerprint density at radius 2 is 1.62 bits per heavy atom. The summed E-state index contributed by atoms with van der Waals surface area (Å²) in [6.07, 6.45) is 0. The molecule has 1 unspecified atom stereocenters. The molecule has 0 bridgehead atoms. The Kier molecular flexibility index (Phi) is 6.64. The average Bonchev–Trinajstić information content (AvgIpc) is 3.40. The lowest BCUT2D eigenvalue weighted by Gasteiger charge is -2.35. The van der Waals surface area contributed by atoms with E-state index in [0.717, 1.165) is 33.8 Å². The standard InChI is InChI=1S/C29H28N4O4/c1-5-36-24-16-12-22(13-17-24)33-19(3)25(26(30-29(33)34)20-8-6-18(2)7-9-20)28-31-27(32-37-28)21-10-14-23(35-4)15-11-21/h6-17,26H,5H2,1-4H3,(H,30,34). The number of hydrogen-bond acceptors (Lipinski definition) is 6. The number of aromatic nitrogens is 2. The maximum Gasteiger partial charge on any atom is 0.326 e. The molecule has 3 aromatic carbocycles. The van der Waals surface area contributed by atoms with Crippen molar-refractivity contribution in [2.24, 2.45) is 0 Å². The van der Waals surface area contributed by atoms with Crippen LogP contribution in [0.15, 0.2) is 83.0 Å². The molecule has 0 saturated carbocycles. The van der Waals surface area contributed by atoms with Crippen molar-refractivity contribution in [1.82, 2.24) is 15.5 Å². The third-order valence-corrected chi connectivity index (χ3v) is 6.31. The van der Waals surface area contributed by atoms with Crippen LogP contribution in [0.1, 0.15) is 36.9 Å². The van der Waals surface area contributed by atoms with Gasteiger partial charge in [0.05, 0.1) is 31.0 Å². The van der Waals surface area contributed by atoms with Crippen molar-refractivity contribution in [3.63, 3.8) is 0 Å². The van der Waals surface area contributed by atoms with E-state index in [-0.39, 0.29) is 6.03 Å². The summed E-state index contributed by atoms with van der Waals surface area (Å²) in [6.45, 7) is 6.42. The summed E-state index contributed by atoms with van der Waals surface area (Å²) in [4.78, 5) is 19.7. The van der Waals surface area contributed by atoms with E-state index >= 15 is 0 Å². The van der Waals surface area contributed by atoms with Crippen molar-refractivity contribution in [2.45, 2.75) is 26.8 Å². The van der Waals surface area contributed by atoms with Gasteiger partial charge in [-0.05, 0) is 74.9 Å². The minimum atomic E-state index is -0.462. The van der Waals surface area contributed by atoms with Crippen LogP contribution in [-0.2, 0) is 0 Å². The van der Waals surface area contributed by atoms with E-state index in [0.29, 0.717) is 29.7 Å². The molecule has 0 radical (unpaired) electrons. The van der Waals surface area contributed by atoms with Crippen LogP contribution < -0.4 is 19.7 Å². The number of hydrogen-bond donors (Lipinski definition) is 1. The number of amides is 2. The summed E-state index contributed by atoms with van der Waals surface area (Å²) in [5, 5.41) is 7.37. The number of methoxy groups -OCH3 is 1. The SMILES string of the molecule is CCOc1ccc(N2C(=O)NC(c3ccc(C)cc3)C(c3nc(-c4ccc(OC)cc4)no3)=C2C)cc1. The van der Waals surface area contributed by atoms with Crippen molar-refractivity contribution in [3.05, 3.63) is 95.5 Å². The normalized spacial score (nSPS) is 15.5. The summed E-state index contributed by atoms with van der Waals surface area (Å²) < 4.78 is 16.6.